The summed E-state index contributed by atoms with van der Waals surface area (Å²) < 4.78 is 5.32. The summed E-state index contributed by atoms with van der Waals surface area (Å²) >= 11 is 0. The summed E-state index contributed by atoms with van der Waals surface area (Å²) in [6, 6.07) is 13.7. The van der Waals surface area contributed by atoms with Crippen LogP contribution in [0.25, 0.3) is 0 Å². The average molecular weight is 295 g/mol. The number of benzene rings is 1. The van der Waals surface area contributed by atoms with Crippen LogP contribution in [0.3, 0.4) is 0 Å². The van der Waals surface area contributed by atoms with Gasteiger partial charge in [-0.3, -0.25) is 4.79 Å². The number of rotatable bonds is 6. The highest BCUT2D eigenvalue weighted by Crippen LogP contribution is 2.10. The van der Waals surface area contributed by atoms with Crippen molar-refractivity contribution in [2.75, 3.05) is 13.6 Å². The Hall–Kier alpha value is -1.78. The number of nitrogens with zero attached hydrogens (tertiary/aromatic N) is 1. The molecule has 1 amide bonds. The van der Waals surface area contributed by atoms with Crippen molar-refractivity contribution < 1.29 is 9.21 Å². The number of likely N-dealkylation sites (N-methyl/N-ethyl adjacent to an activating group) is 1. The molecule has 0 atom stereocenters. The van der Waals surface area contributed by atoms with E-state index >= 15 is 0 Å². The number of hydrogen-bond acceptors (Lipinski definition) is 3. The molecule has 108 valence electrons. The molecule has 0 aliphatic carbocycles. The second-order valence-corrected chi connectivity index (χ2v) is 4.35. The number of halogens is 1. The van der Waals surface area contributed by atoms with Gasteiger partial charge in [0.25, 0.3) is 0 Å². The number of carbonyl (C=O) groups excluding carboxylic acids is 1. The molecule has 4 nitrogen and oxygen atoms in total. The van der Waals surface area contributed by atoms with Crippen LogP contribution in [-0.2, 0) is 17.9 Å². The van der Waals surface area contributed by atoms with Crippen LogP contribution < -0.4 is 5.32 Å². The molecule has 0 unspecified atom stereocenters. The van der Waals surface area contributed by atoms with Crippen LogP contribution in [0.5, 0.6) is 0 Å². The van der Waals surface area contributed by atoms with Crippen molar-refractivity contribution in [2.24, 2.45) is 0 Å². The van der Waals surface area contributed by atoms with Crippen molar-refractivity contribution in [2.45, 2.75) is 13.1 Å². The van der Waals surface area contributed by atoms with E-state index in [0.29, 0.717) is 19.6 Å². The quantitative estimate of drug-likeness (QED) is 0.890. The van der Waals surface area contributed by atoms with E-state index in [1.54, 1.807) is 18.2 Å². The van der Waals surface area contributed by atoms with Gasteiger partial charge in [-0.1, -0.05) is 30.3 Å². The van der Waals surface area contributed by atoms with E-state index in [0.717, 1.165) is 11.3 Å². The highest BCUT2D eigenvalue weighted by molar-refractivity contribution is 5.85. The normalized spacial score (nSPS) is 9.85. The second kappa shape index (κ2) is 8.40. The number of carbonyl (C=O) groups is 1. The van der Waals surface area contributed by atoms with Crippen molar-refractivity contribution in [3.05, 3.63) is 60.1 Å². The monoisotopic (exact) mass is 294 g/mol. The fourth-order valence-corrected chi connectivity index (χ4v) is 1.89. The lowest BCUT2D eigenvalue weighted by Crippen LogP contribution is -2.36. The lowest BCUT2D eigenvalue weighted by Gasteiger charge is -2.21. The zero-order valence-electron chi connectivity index (χ0n) is 11.4. The zero-order chi connectivity index (χ0) is 13.5. The van der Waals surface area contributed by atoms with Gasteiger partial charge in [-0.25, -0.2) is 0 Å². The van der Waals surface area contributed by atoms with Crippen molar-refractivity contribution in [1.82, 2.24) is 10.2 Å². The van der Waals surface area contributed by atoms with Gasteiger partial charge < -0.3 is 14.6 Å². The molecule has 1 aromatic heterocycles. The SMILES string of the molecule is CNCC(=O)N(Cc1ccccc1)Cc1ccco1.Cl. The molecule has 1 heterocycles. The maximum atomic E-state index is 12.1. The molecule has 0 aliphatic rings. The molecule has 2 rings (SSSR count). The van der Waals surface area contributed by atoms with E-state index in [-0.39, 0.29) is 18.3 Å². The Bertz CT molecular complexity index is 500. The molecular formula is C15H19ClN2O2. The first-order valence-corrected chi connectivity index (χ1v) is 6.28. The molecule has 20 heavy (non-hydrogen) atoms. The molecule has 5 heteroatoms. The third-order valence-electron chi connectivity index (χ3n) is 2.82. The van der Waals surface area contributed by atoms with Gasteiger partial charge in [0.15, 0.2) is 0 Å². The van der Waals surface area contributed by atoms with Crippen LogP contribution >= 0.6 is 12.4 Å². The van der Waals surface area contributed by atoms with Gasteiger partial charge in [-0.05, 0) is 24.7 Å². The predicted octanol–water partition coefficient (Wildman–Crippen LogP) is 2.45. The second-order valence-electron chi connectivity index (χ2n) is 4.35. The van der Waals surface area contributed by atoms with Gasteiger partial charge in [0.05, 0.1) is 19.4 Å². The van der Waals surface area contributed by atoms with Crippen molar-refractivity contribution >= 4 is 18.3 Å². The standard InChI is InChI=1S/C15H18N2O2.ClH/c1-16-10-15(18)17(12-14-8-5-9-19-14)11-13-6-3-2-4-7-13;/h2-9,16H,10-12H2,1H3;1H. The molecule has 2 aromatic rings. The molecule has 0 spiro atoms. The van der Waals surface area contributed by atoms with Crippen LogP contribution in [0.4, 0.5) is 0 Å². The molecule has 0 saturated carbocycles. The first-order chi connectivity index (χ1) is 9.29. The fourth-order valence-electron chi connectivity index (χ4n) is 1.89. The van der Waals surface area contributed by atoms with Crippen LogP contribution in [0.1, 0.15) is 11.3 Å². The molecule has 1 N–H and O–H groups in total. The van der Waals surface area contributed by atoms with E-state index in [1.807, 2.05) is 42.5 Å². The highest BCUT2D eigenvalue weighted by Gasteiger charge is 2.14. The Morgan fingerprint density at radius 3 is 2.50 bits per heavy atom. The molecule has 0 saturated heterocycles. The maximum Gasteiger partial charge on any atom is 0.237 e. The molecule has 0 fully saturated rings. The maximum absolute atomic E-state index is 12.1. The Balaban J connectivity index is 0.00000200. The number of hydrogen-bond donors (Lipinski definition) is 1. The minimum atomic E-state index is 0. The summed E-state index contributed by atoms with van der Waals surface area (Å²) in [6.45, 7) is 1.40. The van der Waals surface area contributed by atoms with Gasteiger partial charge >= 0.3 is 0 Å². The Kier molecular flexibility index (Phi) is 6.84. The van der Waals surface area contributed by atoms with Gasteiger partial charge in [-0.15, -0.1) is 12.4 Å². The van der Waals surface area contributed by atoms with Crippen LogP contribution in [0.15, 0.2) is 53.1 Å². The van der Waals surface area contributed by atoms with Crippen LogP contribution in [-0.4, -0.2) is 24.4 Å². The minimum Gasteiger partial charge on any atom is -0.467 e. The summed E-state index contributed by atoms with van der Waals surface area (Å²) in [4.78, 5) is 13.9. The number of amides is 1. The first-order valence-electron chi connectivity index (χ1n) is 6.28. The summed E-state index contributed by atoms with van der Waals surface area (Å²) in [5.74, 6) is 0.850. The summed E-state index contributed by atoms with van der Waals surface area (Å²) in [7, 11) is 1.77. The van der Waals surface area contributed by atoms with Crippen molar-refractivity contribution in [3.63, 3.8) is 0 Å². The number of furan rings is 1. The molecular weight excluding hydrogens is 276 g/mol. The van der Waals surface area contributed by atoms with E-state index in [1.165, 1.54) is 0 Å². The van der Waals surface area contributed by atoms with E-state index in [9.17, 15) is 4.79 Å². The Morgan fingerprint density at radius 2 is 1.90 bits per heavy atom. The predicted molar refractivity (Wildman–Crippen MR) is 80.6 cm³/mol. The summed E-state index contributed by atoms with van der Waals surface area (Å²) in [6.07, 6.45) is 1.62. The van der Waals surface area contributed by atoms with E-state index < -0.39 is 0 Å². The van der Waals surface area contributed by atoms with Gasteiger partial charge in [0.2, 0.25) is 5.91 Å². The van der Waals surface area contributed by atoms with Gasteiger partial charge in [0.1, 0.15) is 5.76 Å². The van der Waals surface area contributed by atoms with Gasteiger partial charge in [-0.2, -0.15) is 0 Å². The minimum absolute atomic E-state index is 0. The van der Waals surface area contributed by atoms with Gasteiger partial charge in [0, 0.05) is 6.54 Å². The third-order valence-corrected chi connectivity index (χ3v) is 2.82. The largest absolute Gasteiger partial charge is 0.467 e. The number of nitrogens with one attached hydrogen (secondary N) is 1. The van der Waals surface area contributed by atoms with Crippen LogP contribution in [0.2, 0.25) is 0 Å². The Morgan fingerprint density at radius 1 is 1.15 bits per heavy atom. The molecule has 1 aromatic carbocycles. The Labute approximate surface area is 125 Å². The lowest BCUT2D eigenvalue weighted by atomic mass is 10.2. The van der Waals surface area contributed by atoms with E-state index in [2.05, 4.69) is 5.32 Å². The third kappa shape index (κ3) is 4.72. The molecule has 0 radical (unpaired) electrons. The van der Waals surface area contributed by atoms with E-state index in [4.69, 9.17) is 4.42 Å². The summed E-state index contributed by atoms with van der Waals surface area (Å²) in [5, 5.41) is 2.89. The zero-order valence-corrected chi connectivity index (χ0v) is 12.2. The average Bonchev–Trinajstić information content (AvgIpc) is 2.92. The fraction of sp³-hybridized carbons (Fsp3) is 0.267. The first kappa shape index (κ1) is 16.3. The van der Waals surface area contributed by atoms with Crippen molar-refractivity contribution in [1.29, 1.82) is 0 Å². The lowest BCUT2D eigenvalue weighted by molar-refractivity contribution is -0.131. The highest BCUT2D eigenvalue weighted by atomic mass is 35.5. The molecule has 0 aliphatic heterocycles. The summed E-state index contributed by atoms with van der Waals surface area (Å²) in [5.41, 5.74) is 1.11. The van der Waals surface area contributed by atoms with Crippen LogP contribution in [0, 0.1) is 0 Å². The topological polar surface area (TPSA) is 45.5 Å². The smallest absolute Gasteiger partial charge is 0.237 e. The van der Waals surface area contributed by atoms with Crippen molar-refractivity contribution in [3.8, 4) is 0 Å². The molecule has 0 bridgehead atoms.